The van der Waals surface area contributed by atoms with Crippen molar-refractivity contribution in [1.82, 2.24) is 5.32 Å². The van der Waals surface area contributed by atoms with Crippen molar-refractivity contribution in [3.05, 3.63) is 0 Å². The van der Waals surface area contributed by atoms with E-state index in [0.717, 1.165) is 0 Å². The lowest BCUT2D eigenvalue weighted by Gasteiger charge is -2.18. The van der Waals surface area contributed by atoms with Gasteiger partial charge in [-0.1, -0.05) is 6.92 Å². The Morgan fingerprint density at radius 2 is 1.78 bits per heavy atom. The molecule has 0 aromatic carbocycles. The summed E-state index contributed by atoms with van der Waals surface area (Å²) in [5.74, 6) is -0.334. The Morgan fingerprint density at radius 1 is 1.17 bits per heavy atom. The zero-order valence-corrected chi connectivity index (χ0v) is 15.1. The second-order valence-electron chi connectivity index (χ2n) is 6.51. The maximum Gasteiger partial charge on any atom is 0.412 e. The molecular weight excluding hydrogens is 325 g/mol. The van der Waals surface area contributed by atoms with Crippen molar-refractivity contribution in [2.45, 2.75) is 53.2 Å². The van der Waals surface area contributed by atoms with Crippen molar-refractivity contribution in [2.24, 2.45) is 11.3 Å². The summed E-state index contributed by atoms with van der Waals surface area (Å²) in [5, 5.41) is 11.9. The number of hydrogen-bond donors (Lipinski definition) is 3. The lowest BCUT2D eigenvalue weighted by molar-refractivity contribution is -0.161. The fourth-order valence-electron chi connectivity index (χ4n) is 1.56. The van der Waals surface area contributed by atoms with Crippen molar-refractivity contribution in [3.63, 3.8) is 0 Å². The van der Waals surface area contributed by atoms with Gasteiger partial charge in [-0.05, 0) is 46.0 Å². The highest BCUT2D eigenvalue weighted by Gasteiger charge is 2.23. The van der Waals surface area contributed by atoms with Gasteiger partial charge >= 0.3 is 12.1 Å². The van der Waals surface area contributed by atoms with Crippen LogP contribution in [0.5, 0.6) is 0 Å². The predicted octanol–water partition coefficient (Wildman–Crippen LogP) is 1.85. The Morgan fingerprint density at radius 3 is 2.30 bits per heavy atom. The van der Waals surface area contributed by atoms with E-state index in [9.17, 15) is 19.3 Å². The first-order chi connectivity index (χ1) is 10.5. The van der Waals surface area contributed by atoms with Crippen LogP contribution in [0.2, 0.25) is 0 Å². The van der Waals surface area contributed by atoms with Gasteiger partial charge < -0.3 is 19.5 Å². The van der Waals surface area contributed by atoms with Gasteiger partial charge in [-0.25, -0.2) is 4.79 Å². The van der Waals surface area contributed by atoms with E-state index in [1.165, 1.54) is 0 Å². The molecule has 8 nitrogen and oxygen atoms in total. The normalized spacial score (nSPS) is 15.4. The Balaban J connectivity index is 3.85. The first-order valence-corrected chi connectivity index (χ1v) is 9.09. The highest BCUT2D eigenvalue weighted by atomic mass is 31.1. The number of aliphatic hydroxyl groups excluding tert-OH is 1. The van der Waals surface area contributed by atoms with Crippen molar-refractivity contribution in [3.8, 4) is 0 Å². The summed E-state index contributed by atoms with van der Waals surface area (Å²) in [6, 6.07) is 0. The van der Waals surface area contributed by atoms with E-state index >= 15 is 0 Å². The Bertz CT molecular complexity index is 408. The average Bonchev–Trinajstić information content (AvgIpc) is 2.41. The Kier molecular flexibility index (Phi) is 10.1. The molecule has 0 saturated carbocycles. The molecule has 0 fully saturated rings. The highest BCUT2D eigenvalue weighted by Crippen LogP contribution is 2.20. The molecule has 23 heavy (non-hydrogen) atoms. The summed E-state index contributed by atoms with van der Waals surface area (Å²) in [5.41, 5.74) is -0.685. The van der Waals surface area contributed by atoms with Crippen LogP contribution in [-0.2, 0) is 18.8 Å². The summed E-state index contributed by atoms with van der Waals surface area (Å²) >= 11 is 0. The third-order valence-corrected chi connectivity index (χ3v) is 3.78. The topological polar surface area (TPSA) is 122 Å². The second kappa shape index (κ2) is 10.6. The first-order valence-electron chi connectivity index (χ1n) is 7.52. The van der Waals surface area contributed by atoms with Gasteiger partial charge in [-0.2, -0.15) is 0 Å². The summed E-state index contributed by atoms with van der Waals surface area (Å²) in [6.07, 6.45) is -0.230. The quantitative estimate of drug-likeness (QED) is 0.328. The number of carbonyl (C=O) groups excluding carboxylic acids is 2. The lowest BCUT2D eigenvalue weighted by Crippen LogP contribution is -2.36. The molecular formula is C14H28NO7P. The molecule has 3 N–H and O–H groups in total. The minimum atomic E-state index is -2.46. The van der Waals surface area contributed by atoms with Crippen LogP contribution in [0.15, 0.2) is 0 Å². The zero-order chi connectivity index (χ0) is 18.0. The van der Waals surface area contributed by atoms with Gasteiger partial charge in [0, 0.05) is 6.16 Å². The van der Waals surface area contributed by atoms with E-state index in [1.54, 1.807) is 20.8 Å². The molecule has 0 aromatic rings. The molecule has 1 amide bonds. The number of ether oxygens (including phenoxy) is 2. The number of esters is 1. The zero-order valence-electron chi connectivity index (χ0n) is 14.1. The predicted molar refractivity (Wildman–Crippen MR) is 85.1 cm³/mol. The van der Waals surface area contributed by atoms with E-state index < -0.39 is 38.5 Å². The molecule has 0 rings (SSSR count). The summed E-state index contributed by atoms with van der Waals surface area (Å²) in [4.78, 5) is 31.6. The van der Waals surface area contributed by atoms with E-state index in [4.69, 9.17) is 9.63 Å². The van der Waals surface area contributed by atoms with Crippen LogP contribution in [0.4, 0.5) is 4.79 Å². The third-order valence-electron chi connectivity index (χ3n) is 3.06. The van der Waals surface area contributed by atoms with Crippen LogP contribution < -0.4 is 5.32 Å². The van der Waals surface area contributed by atoms with E-state index in [1.807, 2.05) is 6.92 Å². The van der Waals surface area contributed by atoms with E-state index in [0.29, 0.717) is 19.3 Å². The van der Waals surface area contributed by atoms with Gasteiger partial charge in [0.05, 0.1) is 5.41 Å². The molecule has 0 radical (unpaired) electrons. The number of alkyl carbamates (subject to hydrolysis) is 1. The summed E-state index contributed by atoms with van der Waals surface area (Å²) in [7, 11) is -2.46. The number of hydrogen-bond acceptors (Lipinski definition) is 6. The number of nitrogens with one attached hydrogen (secondary N) is 1. The average molecular weight is 353 g/mol. The third kappa shape index (κ3) is 12.0. The van der Waals surface area contributed by atoms with Gasteiger partial charge in [0.15, 0.2) is 8.03 Å². The van der Waals surface area contributed by atoms with E-state index in [2.05, 4.69) is 10.1 Å². The van der Waals surface area contributed by atoms with Gasteiger partial charge in [0.1, 0.15) is 6.23 Å². The smallest absolute Gasteiger partial charge is 0.412 e. The van der Waals surface area contributed by atoms with Crippen molar-refractivity contribution < 1.29 is 33.6 Å². The van der Waals surface area contributed by atoms with Crippen LogP contribution in [-0.4, -0.2) is 41.2 Å². The number of rotatable bonds is 9. The fourth-order valence-corrected chi connectivity index (χ4v) is 2.30. The second-order valence-corrected chi connectivity index (χ2v) is 7.79. The SMILES string of the molecule is CC(CCC(O)NC(=O)OCOC(=O)C(C)(C)C)CC[PH](=O)O. The highest BCUT2D eigenvalue weighted by molar-refractivity contribution is 7.37. The number of carbonyl (C=O) groups is 2. The molecule has 0 aromatic heterocycles. The largest absolute Gasteiger partial charge is 0.427 e. The molecule has 3 atom stereocenters. The molecule has 0 aliphatic heterocycles. The van der Waals surface area contributed by atoms with Gasteiger partial charge in [0.2, 0.25) is 6.79 Å². The summed E-state index contributed by atoms with van der Waals surface area (Å²) in [6.45, 7) is 6.41. The minimum Gasteiger partial charge on any atom is -0.427 e. The summed E-state index contributed by atoms with van der Waals surface area (Å²) < 4.78 is 20.0. The monoisotopic (exact) mass is 353 g/mol. The molecule has 0 heterocycles. The van der Waals surface area contributed by atoms with Gasteiger partial charge in [0.25, 0.3) is 0 Å². The number of aliphatic hydroxyl groups is 1. The van der Waals surface area contributed by atoms with Crippen molar-refractivity contribution >= 4 is 20.1 Å². The first kappa shape index (κ1) is 21.9. The molecule has 0 saturated heterocycles. The van der Waals surface area contributed by atoms with Crippen LogP contribution >= 0.6 is 8.03 Å². The molecule has 0 bridgehead atoms. The van der Waals surface area contributed by atoms with Crippen LogP contribution in [0.3, 0.4) is 0 Å². The fraction of sp³-hybridized carbons (Fsp3) is 0.857. The minimum absolute atomic E-state index is 0.163. The standard InChI is InChI=1S/C14H28NO7P/c1-10(7-8-23(19)20)5-6-11(16)15-13(18)22-9-21-12(17)14(2,3)4/h10-11,16,23H,5-9H2,1-4H3,(H,15,18)(H,19,20). The molecule has 136 valence electrons. The molecule has 0 aliphatic carbocycles. The number of amides is 1. The van der Waals surface area contributed by atoms with Crippen LogP contribution in [0.1, 0.15) is 47.0 Å². The van der Waals surface area contributed by atoms with Crippen LogP contribution in [0.25, 0.3) is 0 Å². The Hall–Kier alpha value is -1.11. The van der Waals surface area contributed by atoms with E-state index in [-0.39, 0.29) is 12.1 Å². The van der Waals surface area contributed by atoms with Gasteiger partial charge in [-0.3, -0.25) is 14.7 Å². The molecule has 3 unspecified atom stereocenters. The maximum absolute atomic E-state index is 11.4. The van der Waals surface area contributed by atoms with Crippen molar-refractivity contribution in [2.75, 3.05) is 13.0 Å². The van der Waals surface area contributed by atoms with Crippen LogP contribution in [0, 0.1) is 11.3 Å². The molecule has 0 spiro atoms. The maximum atomic E-state index is 11.4. The molecule has 0 aliphatic rings. The lowest BCUT2D eigenvalue weighted by atomic mass is 9.98. The van der Waals surface area contributed by atoms with Crippen molar-refractivity contribution in [1.29, 1.82) is 0 Å². The Labute approximate surface area is 137 Å². The molecule has 9 heteroatoms. The van der Waals surface area contributed by atoms with Gasteiger partial charge in [-0.15, -0.1) is 0 Å².